The predicted octanol–water partition coefficient (Wildman–Crippen LogP) is 2.06. The molecule has 0 saturated carbocycles. The third-order valence-electron chi connectivity index (χ3n) is 5.08. The van der Waals surface area contributed by atoms with E-state index in [0.717, 1.165) is 13.0 Å². The van der Waals surface area contributed by atoms with E-state index in [2.05, 4.69) is 29.2 Å². The van der Waals surface area contributed by atoms with Crippen molar-refractivity contribution in [2.24, 2.45) is 0 Å². The van der Waals surface area contributed by atoms with Crippen LogP contribution in [0.25, 0.3) is 0 Å². The second kappa shape index (κ2) is 5.83. The van der Waals surface area contributed by atoms with Gasteiger partial charge in [-0.25, -0.2) is 0 Å². The van der Waals surface area contributed by atoms with E-state index in [1.54, 1.807) is 0 Å². The van der Waals surface area contributed by atoms with E-state index in [0.29, 0.717) is 12.6 Å². The highest BCUT2D eigenvalue weighted by molar-refractivity contribution is 5.20. The summed E-state index contributed by atoms with van der Waals surface area (Å²) in [7, 11) is 0. The van der Waals surface area contributed by atoms with Gasteiger partial charge in [0.25, 0.3) is 0 Å². The van der Waals surface area contributed by atoms with Crippen molar-refractivity contribution >= 4 is 0 Å². The summed E-state index contributed by atoms with van der Waals surface area (Å²) in [6, 6.07) is 11.0. The van der Waals surface area contributed by atoms with Gasteiger partial charge in [0.05, 0.1) is 0 Å². The normalized spacial score (nSPS) is 39.7. The molecule has 0 spiro atoms. The Labute approximate surface area is 137 Å². The molecule has 5 heteroatoms. The maximum atomic E-state index is 10.6. The third-order valence-corrected chi connectivity index (χ3v) is 5.08. The second-order valence-corrected chi connectivity index (χ2v) is 7.20. The lowest BCUT2D eigenvalue weighted by molar-refractivity contribution is -0.216. The standard InChI is InChI=1S/C18H25NO4/c1-18(2)22-16-15(20)14(21-17(16)23-18)11-19-10-6-9-13(19)12-7-4-3-5-8-12/h3-5,7-8,13-17,20H,6,9-11H2,1-2H3/t13-,14+,15+,16-,17+/m0/s1. The summed E-state index contributed by atoms with van der Waals surface area (Å²) >= 11 is 0. The SMILES string of the molecule is CC1(C)O[C@H]2O[C@H](CN3CCC[C@H]3c3ccccc3)[C@@H](O)[C@@H]2O1. The summed E-state index contributed by atoms with van der Waals surface area (Å²) in [4.78, 5) is 2.41. The summed E-state index contributed by atoms with van der Waals surface area (Å²) in [5, 5.41) is 10.6. The lowest BCUT2D eigenvalue weighted by Gasteiger charge is -2.30. The first-order valence-corrected chi connectivity index (χ1v) is 8.52. The fraction of sp³-hybridized carbons (Fsp3) is 0.667. The molecule has 126 valence electrons. The topological polar surface area (TPSA) is 51.2 Å². The first kappa shape index (κ1) is 15.5. The third kappa shape index (κ3) is 2.92. The Balaban J connectivity index is 1.43. The Morgan fingerprint density at radius 3 is 2.74 bits per heavy atom. The van der Waals surface area contributed by atoms with E-state index < -0.39 is 18.2 Å². The van der Waals surface area contributed by atoms with Crippen molar-refractivity contribution in [3.63, 3.8) is 0 Å². The number of likely N-dealkylation sites (tertiary alicyclic amines) is 1. The number of aliphatic hydroxyl groups is 1. The molecule has 0 aliphatic carbocycles. The van der Waals surface area contributed by atoms with Crippen molar-refractivity contribution < 1.29 is 19.3 Å². The Bertz CT molecular complexity index is 549. The van der Waals surface area contributed by atoms with Gasteiger partial charge in [0, 0.05) is 12.6 Å². The number of aliphatic hydroxyl groups excluding tert-OH is 1. The number of fused-ring (bicyclic) bond motifs is 1. The number of ether oxygens (including phenoxy) is 3. The highest BCUT2D eigenvalue weighted by Crippen LogP contribution is 2.39. The molecule has 3 heterocycles. The molecule has 3 fully saturated rings. The molecule has 5 atom stereocenters. The van der Waals surface area contributed by atoms with Gasteiger partial charge in [-0.05, 0) is 38.8 Å². The number of benzene rings is 1. The van der Waals surface area contributed by atoms with Crippen molar-refractivity contribution in [2.75, 3.05) is 13.1 Å². The molecule has 1 N–H and O–H groups in total. The molecule has 5 nitrogen and oxygen atoms in total. The lowest BCUT2D eigenvalue weighted by atomic mass is 10.0. The number of hydrogen-bond acceptors (Lipinski definition) is 5. The van der Waals surface area contributed by atoms with E-state index in [4.69, 9.17) is 14.2 Å². The number of nitrogens with zero attached hydrogens (tertiary/aromatic N) is 1. The minimum Gasteiger partial charge on any atom is -0.387 e. The molecule has 0 amide bonds. The second-order valence-electron chi connectivity index (χ2n) is 7.20. The summed E-state index contributed by atoms with van der Waals surface area (Å²) in [5.74, 6) is -0.679. The van der Waals surface area contributed by atoms with E-state index in [1.807, 2.05) is 19.9 Å². The molecular weight excluding hydrogens is 294 g/mol. The first-order valence-electron chi connectivity index (χ1n) is 8.52. The van der Waals surface area contributed by atoms with E-state index in [9.17, 15) is 5.11 Å². The Kier molecular flexibility index (Phi) is 3.94. The van der Waals surface area contributed by atoms with E-state index >= 15 is 0 Å². The minimum absolute atomic E-state index is 0.259. The Hall–Kier alpha value is -0.980. The largest absolute Gasteiger partial charge is 0.387 e. The van der Waals surface area contributed by atoms with E-state index in [1.165, 1.54) is 12.0 Å². The van der Waals surface area contributed by atoms with Crippen molar-refractivity contribution in [1.82, 2.24) is 4.90 Å². The van der Waals surface area contributed by atoms with Crippen molar-refractivity contribution in [3.8, 4) is 0 Å². The van der Waals surface area contributed by atoms with Gasteiger partial charge in [0.15, 0.2) is 12.1 Å². The molecule has 0 radical (unpaired) electrons. The van der Waals surface area contributed by atoms with Crippen molar-refractivity contribution in [2.45, 2.75) is 63.1 Å². The van der Waals surface area contributed by atoms with E-state index in [-0.39, 0.29) is 12.2 Å². The Morgan fingerprint density at radius 2 is 2.00 bits per heavy atom. The van der Waals surface area contributed by atoms with Crippen LogP contribution in [0.15, 0.2) is 30.3 Å². The Morgan fingerprint density at radius 1 is 1.22 bits per heavy atom. The van der Waals surface area contributed by atoms with Crippen LogP contribution in [0.2, 0.25) is 0 Å². The molecule has 1 aromatic carbocycles. The van der Waals surface area contributed by atoms with Crippen LogP contribution >= 0.6 is 0 Å². The molecule has 3 aliphatic rings. The maximum absolute atomic E-state index is 10.6. The van der Waals surface area contributed by atoms with Crippen LogP contribution in [-0.2, 0) is 14.2 Å². The van der Waals surface area contributed by atoms with Gasteiger partial charge in [0.1, 0.15) is 18.3 Å². The molecule has 23 heavy (non-hydrogen) atoms. The monoisotopic (exact) mass is 319 g/mol. The fourth-order valence-corrected chi connectivity index (χ4v) is 4.04. The number of hydrogen-bond donors (Lipinski definition) is 1. The zero-order chi connectivity index (χ0) is 16.0. The minimum atomic E-state index is -0.679. The quantitative estimate of drug-likeness (QED) is 0.924. The van der Waals surface area contributed by atoms with Crippen LogP contribution < -0.4 is 0 Å². The maximum Gasteiger partial charge on any atom is 0.190 e. The van der Waals surface area contributed by atoms with Gasteiger partial charge >= 0.3 is 0 Å². The zero-order valence-electron chi connectivity index (χ0n) is 13.7. The summed E-state index contributed by atoms with van der Waals surface area (Å²) < 4.78 is 17.4. The van der Waals surface area contributed by atoms with Gasteiger partial charge in [0.2, 0.25) is 0 Å². The average Bonchev–Trinajstić information content (AvgIpc) is 3.17. The lowest BCUT2D eigenvalue weighted by Crippen LogP contribution is -2.41. The average molecular weight is 319 g/mol. The molecular formula is C18H25NO4. The van der Waals surface area contributed by atoms with Gasteiger partial charge in [-0.1, -0.05) is 30.3 Å². The molecule has 0 bridgehead atoms. The van der Waals surface area contributed by atoms with Crippen molar-refractivity contribution in [1.29, 1.82) is 0 Å². The fourth-order valence-electron chi connectivity index (χ4n) is 4.04. The van der Waals surface area contributed by atoms with Gasteiger partial charge in [-0.3, -0.25) is 4.90 Å². The molecule has 3 aliphatic heterocycles. The van der Waals surface area contributed by atoms with Gasteiger partial charge in [-0.2, -0.15) is 0 Å². The van der Waals surface area contributed by atoms with Crippen LogP contribution in [-0.4, -0.2) is 53.5 Å². The molecule has 3 saturated heterocycles. The predicted molar refractivity (Wildman–Crippen MR) is 84.7 cm³/mol. The van der Waals surface area contributed by atoms with Gasteiger partial charge in [-0.15, -0.1) is 0 Å². The molecule has 0 unspecified atom stereocenters. The molecule has 1 aromatic rings. The summed E-state index contributed by atoms with van der Waals surface area (Å²) in [6.45, 7) is 5.44. The van der Waals surface area contributed by atoms with Crippen LogP contribution in [0.4, 0.5) is 0 Å². The van der Waals surface area contributed by atoms with Gasteiger partial charge < -0.3 is 19.3 Å². The highest BCUT2D eigenvalue weighted by atomic mass is 16.8. The first-order chi connectivity index (χ1) is 11.0. The summed E-state index contributed by atoms with van der Waals surface area (Å²) in [5.41, 5.74) is 1.34. The van der Waals surface area contributed by atoms with Crippen LogP contribution in [0.1, 0.15) is 38.3 Å². The van der Waals surface area contributed by atoms with Crippen LogP contribution in [0.5, 0.6) is 0 Å². The molecule has 4 rings (SSSR count). The van der Waals surface area contributed by atoms with Crippen molar-refractivity contribution in [3.05, 3.63) is 35.9 Å². The smallest absolute Gasteiger partial charge is 0.190 e. The van der Waals surface area contributed by atoms with Crippen LogP contribution in [0.3, 0.4) is 0 Å². The van der Waals surface area contributed by atoms with Crippen LogP contribution in [0, 0.1) is 0 Å². The molecule has 0 aromatic heterocycles. The zero-order valence-corrected chi connectivity index (χ0v) is 13.7. The highest BCUT2D eigenvalue weighted by Gasteiger charge is 2.54. The number of rotatable bonds is 3. The summed E-state index contributed by atoms with van der Waals surface area (Å²) in [6.07, 6.45) is 0.592.